The Morgan fingerprint density at radius 1 is 1.00 bits per heavy atom. The number of fused-ring (bicyclic) bond motifs is 2. The predicted octanol–water partition coefficient (Wildman–Crippen LogP) is 4.71. The Bertz CT molecular complexity index is 2270. The van der Waals surface area contributed by atoms with E-state index in [0.717, 1.165) is 11.6 Å². The maximum Gasteiger partial charge on any atom is 0.306 e. The van der Waals surface area contributed by atoms with E-state index < -0.39 is 48.7 Å². The number of aliphatic carboxylic acids is 1. The number of thiol groups is 1. The van der Waals surface area contributed by atoms with Crippen molar-refractivity contribution in [2.45, 2.75) is 44.4 Å². The molecule has 0 aromatic heterocycles. The van der Waals surface area contributed by atoms with E-state index in [1.807, 2.05) is 13.0 Å². The van der Waals surface area contributed by atoms with Crippen molar-refractivity contribution in [2.24, 2.45) is 10.9 Å². The second-order valence-corrected chi connectivity index (χ2v) is 15.8. The summed E-state index contributed by atoms with van der Waals surface area (Å²) in [6.07, 6.45) is 1.10. The van der Waals surface area contributed by atoms with E-state index in [2.05, 4.69) is 32.6 Å². The summed E-state index contributed by atoms with van der Waals surface area (Å²) < 4.78 is 77.2. The molecule has 1 aliphatic carbocycles. The van der Waals surface area contributed by atoms with E-state index in [9.17, 15) is 36.1 Å². The molecular weight excluding hydrogens is 755 g/mol. The highest BCUT2D eigenvalue weighted by atomic mass is 32.2. The number of rotatable bonds is 15. The highest BCUT2D eigenvalue weighted by molar-refractivity contribution is 7.86. The molecule has 286 valence electrons. The van der Waals surface area contributed by atoms with Crippen LogP contribution in [-0.4, -0.2) is 86.4 Å². The van der Waals surface area contributed by atoms with Crippen LogP contribution in [-0.2, 0) is 39.3 Å². The fourth-order valence-corrected chi connectivity index (χ4v) is 7.33. The van der Waals surface area contributed by atoms with Gasteiger partial charge < -0.3 is 19.7 Å². The molecule has 1 saturated heterocycles. The fourth-order valence-electron chi connectivity index (χ4n) is 6.27. The minimum absolute atomic E-state index is 0.122. The maximum absolute atomic E-state index is 14.2. The molecule has 2 aromatic carbocycles. The number of amides is 1. The van der Waals surface area contributed by atoms with Crippen molar-refractivity contribution >= 4 is 61.7 Å². The smallest absolute Gasteiger partial charge is 0.306 e. The topological polar surface area (TPSA) is 232 Å². The summed E-state index contributed by atoms with van der Waals surface area (Å²) in [5, 5.41) is 18.0. The Balaban J connectivity index is 1.71. The van der Waals surface area contributed by atoms with Gasteiger partial charge in [0.1, 0.15) is 11.3 Å². The zero-order valence-corrected chi connectivity index (χ0v) is 31.3. The lowest BCUT2D eigenvalue weighted by atomic mass is 9.88. The number of hydrogen-bond acceptors (Lipinski definition) is 13. The van der Waals surface area contributed by atoms with Gasteiger partial charge in [0.05, 0.1) is 28.5 Å². The summed E-state index contributed by atoms with van der Waals surface area (Å²) in [6.45, 7) is 4.70. The summed E-state index contributed by atoms with van der Waals surface area (Å²) in [6, 6.07) is 10.7. The first-order chi connectivity index (χ1) is 25.1. The average molecular weight is 794 g/mol. The molecule has 2 heterocycles. The van der Waals surface area contributed by atoms with Gasteiger partial charge in [-0.15, -0.1) is 4.33 Å². The number of benzene rings is 3. The van der Waals surface area contributed by atoms with E-state index in [4.69, 9.17) is 13.9 Å². The Labute approximate surface area is 311 Å². The van der Waals surface area contributed by atoms with Crippen LogP contribution in [0.5, 0.6) is 0 Å². The molecule has 2 aromatic rings. The molecule has 16 nitrogen and oxygen atoms in total. The lowest BCUT2D eigenvalue weighted by Gasteiger charge is -2.31. The van der Waals surface area contributed by atoms with Crippen molar-refractivity contribution in [1.29, 1.82) is 0 Å². The lowest BCUT2D eigenvalue weighted by Crippen LogP contribution is -2.40. The van der Waals surface area contributed by atoms with Crippen molar-refractivity contribution < 1.29 is 59.3 Å². The van der Waals surface area contributed by atoms with Gasteiger partial charge in [0, 0.05) is 79.0 Å². The number of carbonyl (C=O) groups excluding carboxylic acids is 1. The Hall–Kier alpha value is -4.08. The first-order valence-electron chi connectivity index (χ1n) is 16.5. The third-order valence-corrected chi connectivity index (χ3v) is 10.7. The summed E-state index contributed by atoms with van der Waals surface area (Å²) >= 11 is 3.43. The average Bonchev–Trinajstić information content (AvgIpc) is 3.10. The molecule has 0 spiro atoms. The van der Waals surface area contributed by atoms with Crippen molar-refractivity contribution in [2.75, 3.05) is 43.9 Å². The molecule has 0 saturated carbocycles. The van der Waals surface area contributed by atoms with E-state index in [1.54, 1.807) is 25.1 Å². The number of carboxylic acids is 1. The zero-order chi connectivity index (χ0) is 38.5. The largest absolute Gasteiger partial charge is 0.481 e. The number of carbonyl (C=O) groups is 2. The van der Waals surface area contributed by atoms with Crippen molar-refractivity contribution in [3.05, 3.63) is 64.5 Å². The maximum atomic E-state index is 14.2. The Morgan fingerprint density at radius 3 is 2.40 bits per heavy atom. The number of piperidine rings is 1. The van der Waals surface area contributed by atoms with E-state index in [-0.39, 0.29) is 56.6 Å². The molecule has 4 N–H and O–H groups in total. The van der Waals surface area contributed by atoms with E-state index >= 15 is 0 Å². The monoisotopic (exact) mass is 793 g/mol. The van der Waals surface area contributed by atoms with Crippen LogP contribution in [0.2, 0.25) is 0 Å². The number of anilines is 1. The van der Waals surface area contributed by atoms with Crippen molar-refractivity contribution in [3.63, 3.8) is 0 Å². The highest BCUT2D eigenvalue weighted by Gasteiger charge is 2.31. The third kappa shape index (κ3) is 9.92. The second-order valence-electron chi connectivity index (χ2n) is 12.6. The molecule has 0 bridgehead atoms. The van der Waals surface area contributed by atoms with Gasteiger partial charge in [0.15, 0.2) is 0 Å². The van der Waals surface area contributed by atoms with Gasteiger partial charge in [-0.25, -0.2) is 4.89 Å². The van der Waals surface area contributed by atoms with Gasteiger partial charge >= 0.3 is 5.97 Å². The number of hydrogen-bond donors (Lipinski definition) is 5. The van der Waals surface area contributed by atoms with Gasteiger partial charge in [0.25, 0.3) is 26.1 Å². The quantitative estimate of drug-likeness (QED) is 0.0209. The molecule has 1 fully saturated rings. The molecule has 2 aliphatic heterocycles. The number of aryl methyl sites for hydroxylation is 2. The van der Waals surface area contributed by atoms with E-state index in [0.29, 0.717) is 57.4 Å². The van der Waals surface area contributed by atoms with Crippen molar-refractivity contribution in [3.8, 4) is 22.5 Å². The van der Waals surface area contributed by atoms with Crippen LogP contribution in [0, 0.1) is 19.8 Å². The first kappa shape index (κ1) is 40.1. The number of nitrogens with zero attached hydrogens (tertiary/aromatic N) is 2. The predicted molar refractivity (Wildman–Crippen MR) is 196 cm³/mol. The minimum atomic E-state index is -4.73. The SMILES string of the molecule is Cc1cc2c(-c3cc(S(=O)(=O)O)ccc3C(=O)N3CCC(C(=O)O)CC3)c3cc(C)c(=NCCCOOOS)cc-3oc2cc1NCCCS(=O)(=O)O. The van der Waals surface area contributed by atoms with Crippen LogP contribution >= 0.6 is 12.9 Å². The molecule has 53 heavy (non-hydrogen) atoms. The molecular formula is C34H39N3O13S3. The second kappa shape index (κ2) is 16.9. The molecule has 3 aliphatic rings. The fraction of sp³-hybridized carbons (Fsp3) is 0.382. The molecule has 0 unspecified atom stereocenters. The van der Waals surface area contributed by atoms with Gasteiger partial charge in [-0.3, -0.25) is 23.7 Å². The highest BCUT2D eigenvalue weighted by Crippen LogP contribution is 2.44. The molecule has 5 rings (SSSR count). The van der Waals surface area contributed by atoms with Crippen molar-refractivity contribution in [1.82, 2.24) is 4.90 Å². The van der Waals surface area contributed by atoms with Gasteiger partial charge in [-0.05, 0) is 86.6 Å². The standard InChI is InChI=1S/C34H39N3O13S3/c1-20-15-26-30(18-28(20)35-9-3-13-47-49-50-51)48-31-19-29(36-10-4-14-52(41,42)43)21(2)16-27(31)32(26)25-17-23(53(44,45)46)5-6-24(25)33(38)37-11-7-22(8-12-37)34(39)40/h5-6,15-19,22,36,51H,3-4,7-14H2,1-2H3,(H,39,40)(H,41,42,43)(H,44,45,46). The molecule has 1 amide bonds. The molecule has 0 atom stereocenters. The van der Waals surface area contributed by atoms with Gasteiger partial charge in [0.2, 0.25) is 0 Å². The Morgan fingerprint density at radius 2 is 1.74 bits per heavy atom. The number of carboxylic acid groups (broad SMARTS) is 1. The number of likely N-dealkylation sites (tertiary alicyclic amines) is 1. The minimum Gasteiger partial charge on any atom is -0.481 e. The van der Waals surface area contributed by atoms with Gasteiger partial charge in [-0.1, -0.05) is 5.04 Å². The van der Waals surface area contributed by atoms with E-state index in [1.165, 1.54) is 17.0 Å². The third-order valence-electron chi connectivity index (χ3n) is 8.94. The summed E-state index contributed by atoms with van der Waals surface area (Å²) in [4.78, 5) is 36.3. The van der Waals surface area contributed by atoms with Crippen LogP contribution in [0.1, 0.15) is 47.2 Å². The van der Waals surface area contributed by atoms with Crippen LogP contribution in [0.15, 0.2) is 56.8 Å². The normalized spacial score (nSPS) is 14.7. The van der Waals surface area contributed by atoms with Gasteiger partial charge in [-0.2, -0.15) is 16.8 Å². The number of nitrogens with one attached hydrogen (secondary N) is 1. The Kier molecular flexibility index (Phi) is 12.8. The lowest BCUT2D eigenvalue weighted by molar-refractivity contribution is -0.458. The van der Waals surface area contributed by atoms with Crippen LogP contribution in [0.4, 0.5) is 5.69 Å². The zero-order valence-electron chi connectivity index (χ0n) is 28.8. The van der Waals surface area contributed by atoms with Crippen LogP contribution < -0.4 is 10.7 Å². The summed E-state index contributed by atoms with van der Waals surface area (Å²) in [5.74, 6) is -2.07. The summed E-state index contributed by atoms with van der Waals surface area (Å²) in [7, 11) is -8.88. The van der Waals surface area contributed by atoms with Crippen LogP contribution in [0.3, 0.4) is 0 Å². The summed E-state index contributed by atoms with van der Waals surface area (Å²) in [5.41, 5.74) is 3.61. The molecule has 19 heteroatoms. The first-order valence-corrected chi connectivity index (χ1v) is 19.9. The van der Waals surface area contributed by atoms with Crippen LogP contribution in [0.25, 0.3) is 33.4 Å². The molecule has 0 radical (unpaired) electrons.